The lowest BCUT2D eigenvalue weighted by molar-refractivity contribution is -1.19. The molecule has 0 saturated carbocycles. The molecule has 2 aromatic carbocycles. The van der Waals surface area contributed by atoms with Crippen LogP contribution in [0.5, 0.6) is 0 Å². The fourth-order valence-corrected chi connectivity index (χ4v) is 9.47. The SMILES string of the molecule is CC1(C)CCCC(C)(C)N1OCC/C=C/C1[B-](c2c(F)c(F)c(F)c(F)c2F)(c2c(F)c(F)c(F)c(F)c2F)O[N+]12C(C)(C)CCCC2(C)C. The highest BCUT2D eigenvalue weighted by atomic mass is 19.2. The summed E-state index contributed by atoms with van der Waals surface area (Å²) in [6.45, 7) is 14.9. The van der Waals surface area contributed by atoms with Gasteiger partial charge in [0.15, 0.2) is 34.9 Å². The number of hydroxylamine groups is 5. The molecule has 0 aliphatic carbocycles. The zero-order chi connectivity index (χ0) is 37.6. The minimum atomic E-state index is -4.45. The van der Waals surface area contributed by atoms with E-state index in [0.717, 1.165) is 19.3 Å². The zero-order valence-electron chi connectivity index (χ0n) is 29.5. The molecule has 3 aliphatic heterocycles. The van der Waals surface area contributed by atoms with Gasteiger partial charge in [-0.05, 0) is 87.5 Å². The third-order valence-electron chi connectivity index (χ3n) is 11.5. The Hall–Kier alpha value is -2.62. The van der Waals surface area contributed by atoms with Gasteiger partial charge < -0.3 is 4.76 Å². The second-order valence-electron chi connectivity index (χ2n) is 16.4. The lowest BCUT2D eigenvalue weighted by Crippen LogP contribution is -2.98. The minimum absolute atomic E-state index is 0.0504. The van der Waals surface area contributed by atoms with Crippen molar-refractivity contribution >= 4 is 17.3 Å². The molecular weight excluding hydrogens is 681 g/mol. The zero-order valence-corrected chi connectivity index (χ0v) is 29.5. The van der Waals surface area contributed by atoms with Gasteiger partial charge >= 0.3 is 6.35 Å². The third-order valence-corrected chi connectivity index (χ3v) is 11.5. The van der Waals surface area contributed by atoms with Crippen LogP contribution in [0, 0.1) is 58.2 Å². The molecular formula is C35H43BF10N2O2. The van der Waals surface area contributed by atoms with Crippen LogP contribution in [0.15, 0.2) is 12.2 Å². The number of hydrogen-bond acceptors (Lipinski definition) is 3. The molecule has 0 amide bonds. The van der Waals surface area contributed by atoms with Gasteiger partial charge in [0.25, 0.3) is 0 Å². The predicted molar refractivity (Wildman–Crippen MR) is 168 cm³/mol. The fraction of sp³-hybridized carbons (Fsp3) is 0.600. The first-order valence-corrected chi connectivity index (χ1v) is 16.8. The van der Waals surface area contributed by atoms with Crippen LogP contribution in [0.4, 0.5) is 43.9 Å². The molecule has 0 radical (unpaired) electrons. The van der Waals surface area contributed by atoms with Crippen LogP contribution in [-0.4, -0.2) is 50.8 Å². The lowest BCUT2D eigenvalue weighted by Gasteiger charge is -2.78. The Morgan fingerprint density at radius 3 is 1.38 bits per heavy atom. The molecule has 1 unspecified atom stereocenters. The van der Waals surface area contributed by atoms with Crippen molar-refractivity contribution in [2.45, 2.75) is 128 Å². The average Bonchev–Trinajstić information content (AvgIpc) is 3.00. The first-order valence-electron chi connectivity index (χ1n) is 16.8. The molecule has 2 aromatic rings. The maximum Gasteiger partial charge on any atom is 0.313 e. The van der Waals surface area contributed by atoms with Gasteiger partial charge in [-0.2, -0.15) is 5.06 Å². The third kappa shape index (κ3) is 5.34. The quantitative estimate of drug-likeness (QED) is 0.0545. The molecule has 3 aliphatic rings. The maximum atomic E-state index is 15.9. The van der Waals surface area contributed by atoms with E-state index in [0.29, 0.717) is 19.3 Å². The van der Waals surface area contributed by atoms with Crippen LogP contribution in [0.1, 0.15) is 100 Å². The summed E-state index contributed by atoms with van der Waals surface area (Å²) in [5, 5.41) is 1.88. The highest BCUT2D eigenvalue weighted by Gasteiger charge is 2.75. The number of piperidine rings is 2. The van der Waals surface area contributed by atoms with E-state index in [9.17, 15) is 26.3 Å². The molecule has 0 aromatic heterocycles. The second kappa shape index (κ2) is 12.5. The minimum Gasteiger partial charge on any atom is -0.400 e. The fourth-order valence-electron chi connectivity index (χ4n) is 9.47. The number of nitrogens with zero attached hydrogens (tertiary/aromatic N) is 2. The molecule has 0 bridgehead atoms. The summed E-state index contributed by atoms with van der Waals surface area (Å²) in [5.74, 6) is -26.7. The molecule has 1 spiro atoms. The summed E-state index contributed by atoms with van der Waals surface area (Å²) in [7, 11) is 0. The summed E-state index contributed by atoms with van der Waals surface area (Å²) in [4.78, 5) is 6.18. The van der Waals surface area contributed by atoms with Gasteiger partial charge in [0, 0.05) is 23.9 Å². The smallest absolute Gasteiger partial charge is 0.313 e. The Morgan fingerprint density at radius 1 is 0.620 bits per heavy atom. The number of rotatable bonds is 7. The Labute approximate surface area is 285 Å². The average molecular weight is 725 g/mol. The Kier molecular flexibility index (Phi) is 9.66. The Morgan fingerprint density at radius 2 is 0.980 bits per heavy atom. The van der Waals surface area contributed by atoms with Crippen LogP contribution < -0.4 is 10.9 Å². The van der Waals surface area contributed by atoms with Crippen molar-refractivity contribution in [1.82, 2.24) is 5.06 Å². The van der Waals surface area contributed by atoms with Gasteiger partial charge in [-0.25, -0.2) is 48.6 Å². The van der Waals surface area contributed by atoms with E-state index < -0.39 is 97.1 Å². The first kappa shape index (κ1) is 38.6. The summed E-state index contributed by atoms with van der Waals surface area (Å²) in [6.07, 6.45) is 2.36. The van der Waals surface area contributed by atoms with E-state index in [2.05, 4.69) is 0 Å². The number of benzene rings is 2. The molecule has 3 heterocycles. The van der Waals surface area contributed by atoms with Crippen LogP contribution in [0.25, 0.3) is 0 Å². The molecule has 3 saturated heterocycles. The van der Waals surface area contributed by atoms with Crippen LogP contribution in [0.2, 0.25) is 0 Å². The van der Waals surface area contributed by atoms with Crippen molar-refractivity contribution in [3.05, 3.63) is 70.3 Å². The summed E-state index contributed by atoms with van der Waals surface area (Å²) < 4.78 is 158. The van der Waals surface area contributed by atoms with Gasteiger partial charge in [-0.3, -0.25) is 4.84 Å². The number of hydrogen-bond donors (Lipinski definition) is 0. The highest BCUT2D eigenvalue weighted by Crippen LogP contribution is 2.57. The van der Waals surface area contributed by atoms with Crippen molar-refractivity contribution in [2.24, 2.45) is 0 Å². The number of quaternary nitrogens is 1. The van der Waals surface area contributed by atoms with Crippen LogP contribution in [0.3, 0.4) is 0 Å². The van der Waals surface area contributed by atoms with Gasteiger partial charge in [0.1, 0.15) is 34.3 Å². The molecule has 0 N–H and O–H groups in total. The molecule has 50 heavy (non-hydrogen) atoms. The molecule has 15 heteroatoms. The summed E-state index contributed by atoms with van der Waals surface area (Å²) in [6, 6.07) is 0. The lowest BCUT2D eigenvalue weighted by atomic mass is 9.23. The molecule has 4 nitrogen and oxygen atoms in total. The van der Waals surface area contributed by atoms with E-state index in [-0.39, 0.29) is 24.1 Å². The monoisotopic (exact) mass is 724 g/mol. The van der Waals surface area contributed by atoms with Crippen molar-refractivity contribution in [1.29, 1.82) is 0 Å². The first-order chi connectivity index (χ1) is 22.9. The Bertz CT molecular complexity index is 1570. The topological polar surface area (TPSA) is 21.7 Å². The molecule has 1 atom stereocenters. The van der Waals surface area contributed by atoms with E-state index >= 15 is 17.6 Å². The number of halogens is 10. The standard InChI is InChI=1S/C35H43BF10N2O2/c1-32(2)14-11-15-33(3,4)47(32)49-18-10-9-13-19-36(20-22(37)26(41)30(45)27(42)23(20)38,21-24(39)28(43)31(46)29(44)25(21)40)50-48(19)34(5,6)16-12-17-35(48,7)8/h9,13,19H,10-12,14-18H2,1-8H3/b13-9+. The van der Waals surface area contributed by atoms with Crippen molar-refractivity contribution in [3.63, 3.8) is 0 Å². The van der Waals surface area contributed by atoms with Crippen LogP contribution in [-0.2, 0) is 9.59 Å². The molecule has 278 valence electrons. The van der Waals surface area contributed by atoms with E-state index in [1.807, 2.05) is 32.8 Å². The molecule has 5 rings (SSSR count). The predicted octanol–water partition coefficient (Wildman–Crippen LogP) is 8.47. The normalized spacial score (nSPS) is 24.9. The van der Waals surface area contributed by atoms with Crippen molar-refractivity contribution < 1.29 is 58.1 Å². The van der Waals surface area contributed by atoms with Crippen LogP contribution >= 0.6 is 0 Å². The van der Waals surface area contributed by atoms with E-state index in [1.165, 1.54) is 12.2 Å². The summed E-state index contributed by atoms with van der Waals surface area (Å²) in [5.41, 5.74) is -6.41. The Balaban J connectivity index is 1.76. The molecule has 3 fully saturated rings. The van der Waals surface area contributed by atoms with E-state index in [4.69, 9.17) is 9.59 Å². The van der Waals surface area contributed by atoms with Gasteiger partial charge in [-0.15, -0.1) is 0 Å². The van der Waals surface area contributed by atoms with Gasteiger partial charge in [0.05, 0.1) is 12.5 Å². The second-order valence-corrected chi connectivity index (χ2v) is 16.4. The van der Waals surface area contributed by atoms with Gasteiger partial charge in [0.2, 0.25) is 0 Å². The largest absolute Gasteiger partial charge is 0.400 e. The van der Waals surface area contributed by atoms with Gasteiger partial charge in [-0.1, -0.05) is 23.1 Å². The van der Waals surface area contributed by atoms with Crippen molar-refractivity contribution in [3.8, 4) is 0 Å². The van der Waals surface area contributed by atoms with E-state index in [1.54, 1.807) is 27.7 Å². The maximum absolute atomic E-state index is 15.9. The summed E-state index contributed by atoms with van der Waals surface area (Å²) >= 11 is 0. The highest BCUT2D eigenvalue weighted by molar-refractivity contribution is 6.99. The van der Waals surface area contributed by atoms with Crippen molar-refractivity contribution in [2.75, 3.05) is 6.61 Å².